The molecule has 0 bridgehead atoms. The Bertz CT molecular complexity index is 1050. The number of carbonyl (C=O) groups is 1. The first-order valence-corrected chi connectivity index (χ1v) is 9.48. The molecule has 5 nitrogen and oxygen atoms in total. The van der Waals surface area contributed by atoms with Gasteiger partial charge in [0.05, 0.1) is 7.11 Å². The number of nitriles is 1. The maximum Gasteiger partial charge on any atom is 0.262 e. The van der Waals surface area contributed by atoms with Crippen LogP contribution in [0.1, 0.15) is 16.7 Å². The van der Waals surface area contributed by atoms with Gasteiger partial charge in [-0.2, -0.15) is 5.26 Å². The average molecular weight is 398 g/mol. The Balaban J connectivity index is 1.73. The third kappa shape index (κ3) is 5.73. The van der Waals surface area contributed by atoms with E-state index in [1.54, 1.807) is 25.3 Å². The highest BCUT2D eigenvalue weighted by Crippen LogP contribution is 2.29. The molecular weight excluding hydrogens is 376 g/mol. The van der Waals surface area contributed by atoms with Crippen molar-refractivity contribution in [3.8, 4) is 17.6 Å². The van der Waals surface area contributed by atoms with E-state index in [4.69, 9.17) is 9.47 Å². The van der Waals surface area contributed by atoms with E-state index in [1.807, 2.05) is 66.7 Å². The molecule has 3 rings (SSSR count). The summed E-state index contributed by atoms with van der Waals surface area (Å²) in [5.41, 5.74) is 2.68. The van der Waals surface area contributed by atoms with Crippen LogP contribution in [-0.4, -0.2) is 13.0 Å². The number of hydrogen-bond donors (Lipinski definition) is 1. The van der Waals surface area contributed by atoms with Gasteiger partial charge in [0.15, 0.2) is 11.5 Å². The topological polar surface area (TPSA) is 71.3 Å². The van der Waals surface area contributed by atoms with Crippen LogP contribution in [0.15, 0.2) is 84.4 Å². The molecule has 0 atom stereocenters. The summed E-state index contributed by atoms with van der Waals surface area (Å²) in [5, 5.41) is 12.2. The van der Waals surface area contributed by atoms with Gasteiger partial charge in [-0.3, -0.25) is 4.79 Å². The third-order valence-corrected chi connectivity index (χ3v) is 4.40. The fourth-order valence-electron chi connectivity index (χ4n) is 2.82. The minimum atomic E-state index is -0.427. The van der Waals surface area contributed by atoms with Gasteiger partial charge in [0.25, 0.3) is 5.91 Å². The van der Waals surface area contributed by atoms with Crippen LogP contribution >= 0.6 is 0 Å². The fourth-order valence-corrected chi connectivity index (χ4v) is 2.82. The van der Waals surface area contributed by atoms with Crippen molar-refractivity contribution in [3.05, 3.63) is 101 Å². The number of hydrogen-bond acceptors (Lipinski definition) is 4. The van der Waals surface area contributed by atoms with Crippen molar-refractivity contribution in [1.29, 1.82) is 5.26 Å². The second-order valence-electron chi connectivity index (χ2n) is 6.52. The number of methoxy groups -OCH3 is 1. The maximum absolute atomic E-state index is 12.4. The summed E-state index contributed by atoms with van der Waals surface area (Å²) < 4.78 is 11.3. The summed E-state index contributed by atoms with van der Waals surface area (Å²) in [6.45, 7) is 0.736. The Labute approximate surface area is 176 Å². The smallest absolute Gasteiger partial charge is 0.262 e. The summed E-state index contributed by atoms with van der Waals surface area (Å²) in [7, 11) is 1.57. The van der Waals surface area contributed by atoms with Crippen molar-refractivity contribution < 1.29 is 14.3 Å². The van der Waals surface area contributed by atoms with Crippen LogP contribution in [0.2, 0.25) is 0 Å². The molecule has 0 spiro atoms. The van der Waals surface area contributed by atoms with Crippen molar-refractivity contribution in [3.63, 3.8) is 0 Å². The molecule has 30 heavy (non-hydrogen) atoms. The van der Waals surface area contributed by atoms with E-state index in [9.17, 15) is 10.1 Å². The normalized spacial score (nSPS) is 10.7. The summed E-state index contributed by atoms with van der Waals surface area (Å²) in [6, 6.07) is 26.6. The molecule has 0 saturated heterocycles. The van der Waals surface area contributed by atoms with E-state index in [-0.39, 0.29) is 5.57 Å². The van der Waals surface area contributed by atoms with E-state index in [2.05, 4.69) is 5.32 Å². The Kier molecular flexibility index (Phi) is 7.23. The Morgan fingerprint density at radius 1 is 0.967 bits per heavy atom. The van der Waals surface area contributed by atoms with Crippen LogP contribution in [-0.2, 0) is 17.9 Å². The lowest BCUT2D eigenvalue weighted by atomic mass is 10.1. The molecule has 0 aliphatic heterocycles. The molecule has 3 aromatic carbocycles. The number of benzene rings is 3. The predicted octanol–water partition coefficient (Wildman–Crippen LogP) is 4.50. The molecule has 0 radical (unpaired) electrons. The van der Waals surface area contributed by atoms with Crippen molar-refractivity contribution in [1.82, 2.24) is 5.32 Å². The van der Waals surface area contributed by atoms with E-state index >= 15 is 0 Å². The molecule has 0 aliphatic carbocycles. The molecule has 5 heteroatoms. The van der Waals surface area contributed by atoms with Gasteiger partial charge in [0, 0.05) is 6.54 Å². The number of carbonyl (C=O) groups excluding carboxylic acids is 1. The number of rotatable bonds is 8. The lowest BCUT2D eigenvalue weighted by Crippen LogP contribution is -2.23. The van der Waals surface area contributed by atoms with E-state index < -0.39 is 5.91 Å². The van der Waals surface area contributed by atoms with Gasteiger partial charge in [-0.05, 0) is 34.9 Å². The molecule has 0 fully saturated rings. The third-order valence-electron chi connectivity index (χ3n) is 4.40. The van der Waals surface area contributed by atoms with Crippen LogP contribution in [0.5, 0.6) is 11.5 Å². The Morgan fingerprint density at radius 2 is 1.63 bits per heavy atom. The zero-order valence-corrected chi connectivity index (χ0v) is 16.7. The quantitative estimate of drug-likeness (QED) is 0.448. The lowest BCUT2D eigenvalue weighted by Gasteiger charge is -2.12. The summed E-state index contributed by atoms with van der Waals surface area (Å²) in [5.74, 6) is 0.691. The highest BCUT2D eigenvalue weighted by atomic mass is 16.5. The van der Waals surface area contributed by atoms with Crippen molar-refractivity contribution in [2.45, 2.75) is 13.2 Å². The SMILES string of the molecule is COc1ccc(/C=C(/C#N)C(=O)NCc2ccccc2)cc1OCc1ccccc1. The number of nitrogens with one attached hydrogen (secondary N) is 1. The second-order valence-corrected chi connectivity index (χ2v) is 6.52. The van der Waals surface area contributed by atoms with Crippen LogP contribution in [0.4, 0.5) is 0 Å². The molecule has 1 N–H and O–H groups in total. The second kappa shape index (κ2) is 10.5. The number of nitrogens with zero attached hydrogens (tertiary/aromatic N) is 1. The minimum Gasteiger partial charge on any atom is -0.493 e. The monoisotopic (exact) mass is 398 g/mol. The average Bonchev–Trinajstić information content (AvgIpc) is 2.81. The first-order chi connectivity index (χ1) is 14.7. The van der Waals surface area contributed by atoms with E-state index in [0.717, 1.165) is 11.1 Å². The molecule has 1 amide bonds. The molecular formula is C25H22N2O3. The van der Waals surface area contributed by atoms with E-state index in [1.165, 1.54) is 6.08 Å². The van der Waals surface area contributed by atoms with Gasteiger partial charge in [-0.15, -0.1) is 0 Å². The Hall–Kier alpha value is -4.04. The highest BCUT2D eigenvalue weighted by molar-refractivity contribution is 6.01. The largest absolute Gasteiger partial charge is 0.493 e. The van der Waals surface area contributed by atoms with Crippen LogP contribution in [0.25, 0.3) is 6.08 Å². The van der Waals surface area contributed by atoms with Gasteiger partial charge in [-0.1, -0.05) is 66.7 Å². The molecule has 0 aromatic heterocycles. The molecule has 150 valence electrons. The zero-order chi connectivity index (χ0) is 21.2. The van der Waals surface area contributed by atoms with Crippen LogP contribution < -0.4 is 14.8 Å². The van der Waals surface area contributed by atoms with Gasteiger partial charge in [-0.25, -0.2) is 0 Å². The summed E-state index contributed by atoms with van der Waals surface area (Å²) in [4.78, 5) is 12.4. The van der Waals surface area contributed by atoms with Gasteiger partial charge >= 0.3 is 0 Å². The lowest BCUT2D eigenvalue weighted by molar-refractivity contribution is -0.117. The highest BCUT2D eigenvalue weighted by Gasteiger charge is 2.11. The van der Waals surface area contributed by atoms with Crippen LogP contribution in [0.3, 0.4) is 0 Å². The Morgan fingerprint density at radius 3 is 2.27 bits per heavy atom. The van der Waals surface area contributed by atoms with Crippen molar-refractivity contribution >= 4 is 12.0 Å². The zero-order valence-electron chi connectivity index (χ0n) is 16.7. The summed E-state index contributed by atoms with van der Waals surface area (Å²) in [6.07, 6.45) is 1.54. The van der Waals surface area contributed by atoms with Gasteiger partial charge in [0.2, 0.25) is 0 Å². The number of ether oxygens (including phenoxy) is 2. The van der Waals surface area contributed by atoms with Crippen LogP contribution in [0, 0.1) is 11.3 Å². The number of amides is 1. The molecule has 0 unspecified atom stereocenters. The molecule has 0 saturated carbocycles. The first kappa shape index (κ1) is 20.7. The molecule has 0 aliphatic rings. The molecule has 3 aromatic rings. The van der Waals surface area contributed by atoms with Gasteiger partial charge < -0.3 is 14.8 Å². The maximum atomic E-state index is 12.4. The van der Waals surface area contributed by atoms with E-state index in [0.29, 0.717) is 30.2 Å². The van der Waals surface area contributed by atoms with Gasteiger partial charge in [0.1, 0.15) is 18.2 Å². The predicted molar refractivity (Wildman–Crippen MR) is 116 cm³/mol. The molecule has 0 heterocycles. The first-order valence-electron chi connectivity index (χ1n) is 9.48. The van der Waals surface area contributed by atoms with Crippen molar-refractivity contribution in [2.24, 2.45) is 0 Å². The summed E-state index contributed by atoms with van der Waals surface area (Å²) >= 11 is 0. The standard InChI is InChI=1S/C25H22N2O3/c1-29-23-13-12-21(15-24(23)30-18-20-10-6-3-7-11-20)14-22(16-26)25(28)27-17-19-8-4-2-5-9-19/h2-15H,17-18H2,1H3,(H,27,28)/b22-14-. The van der Waals surface area contributed by atoms with Crippen molar-refractivity contribution in [2.75, 3.05) is 7.11 Å². The minimum absolute atomic E-state index is 0.0186. The fraction of sp³-hybridized carbons (Fsp3) is 0.120.